The maximum atomic E-state index is 12.9. The van der Waals surface area contributed by atoms with E-state index in [1.165, 1.54) is 19.2 Å². The van der Waals surface area contributed by atoms with Gasteiger partial charge in [-0.05, 0) is 42.5 Å². The number of methoxy groups -OCH3 is 1. The van der Waals surface area contributed by atoms with Crippen LogP contribution in [0.2, 0.25) is 5.02 Å². The molecule has 0 unspecified atom stereocenters. The molecule has 0 saturated carbocycles. The number of anilines is 1. The van der Waals surface area contributed by atoms with Crippen LogP contribution in [0.25, 0.3) is 0 Å². The number of ketones is 1. The molecule has 0 fully saturated rings. The number of benzene rings is 2. The van der Waals surface area contributed by atoms with Crippen LogP contribution >= 0.6 is 11.6 Å². The Morgan fingerprint density at radius 2 is 1.69 bits per heavy atom. The van der Waals surface area contributed by atoms with E-state index in [2.05, 4.69) is 5.32 Å². The maximum Gasteiger partial charge on any atom is 0.195 e. The number of carbonyl (C=O) groups excluding carboxylic acids is 1. The van der Waals surface area contributed by atoms with Gasteiger partial charge >= 0.3 is 0 Å². The van der Waals surface area contributed by atoms with Crippen LogP contribution in [0.1, 0.15) is 15.9 Å². The molecule has 0 atom stereocenters. The smallest absolute Gasteiger partial charge is 0.195 e. The van der Waals surface area contributed by atoms with E-state index in [0.717, 1.165) is 0 Å². The van der Waals surface area contributed by atoms with Crippen LogP contribution in [-0.4, -0.2) is 12.9 Å². The van der Waals surface area contributed by atoms with Crippen LogP contribution < -0.4 is 10.1 Å². The second kappa shape index (κ2) is 8.35. The molecule has 126 valence electrons. The summed E-state index contributed by atoms with van der Waals surface area (Å²) in [7, 11) is 1.46. The van der Waals surface area contributed by atoms with Gasteiger partial charge in [-0.3, -0.25) is 4.79 Å². The highest BCUT2D eigenvalue weighted by molar-refractivity contribution is 6.30. The number of allylic oxidation sites excluding steroid dienone is 2. The van der Waals surface area contributed by atoms with Crippen molar-refractivity contribution in [3.05, 3.63) is 69.9 Å². The monoisotopic (exact) mass is 362 g/mol. The number of carbonyl (C=O) groups is 1. The van der Waals surface area contributed by atoms with Crippen molar-refractivity contribution >= 4 is 23.1 Å². The highest BCUT2D eigenvalue weighted by Gasteiger charge is 2.17. The van der Waals surface area contributed by atoms with Gasteiger partial charge in [0, 0.05) is 16.1 Å². The number of hydrogen-bond acceptors (Lipinski definition) is 6. The zero-order valence-electron chi connectivity index (χ0n) is 13.6. The van der Waals surface area contributed by atoms with Gasteiger partial charge in [-0.25, -0.2) is 0 Å². The fourth-order valence-electron chi connectivity index (χ4n) is 2.12. The number of nitrogens with one attached hydrogen (secondary N) is 1. The van der Waals surface area contributed by atoms with Crippen LogP contribution in [0.4, 0.5) is 5.69 Å². The van der Waals surface area contributed by atoms with Crippen LogP contribution in [-0.2, 0) is 0 Å². The summed E-state index contributed by atoms with van der Waals surface area (Å²) in [4.78, 5) is 12.9. The van der Waals surface area contributed by atoms with Crippen LogP contribution in [0, 0.1) is 34.0 Å². The maximum absolute atomic E-state index is 12.9. The summed E-state index contributed by atoms with van der Waals surface area (Å²) in [6, 6.07) is 16.0. The number of nitrogens with zero attached hydrogens (tertiary/aromatic N) is 3. The molecule has 0 bridgehead atoms. The van der Waals surface area contributed by atoms with E-state index in [9.17, 15) is 10.1 Å². The van der Waals surface area contributed by atoms with Gasteiger partial charge in [0.2, 0.25) is 0 Å². The lowest BCUT2D eigenvalue weighted by Crippen LogP contribution is -2.09. The van der Waals surface area contributed by atoms with Crippen molar-refractivity contribution in [3.63, 3.8) is 0 Å². The number of ether oxygens (including phenoxy) is 1. The van der Waals surface area contributed by atoms with Crippen LogP contribution in [0.15, 0.2) is 53.7 Å². The highest BCUT2D eigenvalue weighted by Crippen LogP contribution is 2.26. The molecule has 0 radical (unpaired) electrons. The van der Waals surface area contributed by atoms with E-state index in [0.29, 0.717) is 16.3 Å². The van der Waals surface area contributed by atoms with Gasteiger partial charge in [0.25, 0.3) is 0 Å². The first kappa shape index (κ1) is 18.5. The molecule has 0 saturated heterocycles. The molecule has 26 heavy (non-hydrogen) atoms. The van der Waals surface area contributed by atoms with Crippen molar-refractivity contribution < 1.29 is 9.53 Å². The number of halogens is 1. The first-order valence-corrected chi connectivity index (χ1v) is 7.61. The Balaban J connectivity index is 2.55. The Labute approximate surface area is 155 Å². The molecular formula is C19H11ClN4O2. The number of hydrogen-bond donors (Lipinski definition) is 1. The summed E-state index contributed by atoms with van der Waals surface area (Å²) >= 11 is 5.85. The zero-order chi connectivity index (χ0) is 19.1. The molecule has 0 amide bonds. The average Bonchev–Trinajstić information content (AvgIpc) is 2.68. The number of rotatable bonds is 5. The Morgan fingerprint density at radius 3 is 2.23 bits per heavy atom. The second-order valence-corrected chi connectivity index (χ2v) is 5.39. The van der Waals surface area contributed by atoms with Gasteiger partial charge in [-0.2, -0.15) is 15.8 Å². The SMILES string of the molecule is COc1ccc(NC(C#N)=C(C#N)C#N)c(C(=O)c2ccc(Cl)cc2)c1. The van der Waals surface area contributed by atoms with E-state index in [-0.39, 0.29) is 28.3 Å². The molecule has 2 aromatic rings. The quantitative estimate of drug-likeness (QED) is 0.639. The van der Waals surface area contributed by atoms with Crippen molar-refractivity contribution in [2.75, 3.05) is 12.4 Å². The molecular weight excluding hydrogens is 352 g/mol. The summed E-state index contributed by atoms with van der Waals surface area (Å²) in [6.07, 6.45) is 0. The first-order valence-electron chi connectivity index (χ1n) is 7.24. The molecule has 1 N–H and O–H groups in total. The summed E-state index contributed by atoms with van der Waals surface area (Å²) in [5, 5.41) is 30.3. The van der Waals surface area contributed by atoms with Gasteiger partial charge in [0.1, 0.15) is 29.7 Å². The Hall–Kier alpha value is -3.79. The van der Waals surface area contributed by atoms with Gasteiger partial charge in [-0.1, -0.05) is 11.6 Å². The van der Waals surface area contributed by atoms with Gasteiger partial charge in [-0.15, -0.1) is 0 Å². The van der Waals surface area contributed by atoms with Crippen molar-refractivity contribution in [1.29, 1.82) is 15.8 Å². The van der Waals surface area contributed by atoms with Crippen molar-refractivity contribution in [1.82, 2.24) is 0 Å². The first-order chi connectivity index (χ1) is 12.5. The van der Waals surface area contributed by atoms with E-state index in [4.69, 9.17) is 26.9 Å². The Kier molecular flexibility index (Phi) is 5.96. The van der Waals surface area contributed by atoms with E-state index in [1.807, 2.05) is 0 Å². The van der Waals surface area contributed by atoms with Crippen LogP contribution in [0.5, 0.6) is 5.75 Å². The fourth-order valence-corrected chi connectivity index (χ4v) is 2.25. The number of nitriles is 3. The zero-order valence-corrected chi connectivity index (χ0v) is 14.3. The lowest BCUT2D eigenvalue weighted by atomic mass is 10.0. The molecule has 0 aromatic heterocycles. The molecule has 6 nitrogen and oxygen atoms in total. The molecule has 7 heteroatoms. The molecule has 0 aliphatic rings. The third kappa shape index (κ3) is 3.99. The van der Waals surface area contributed by atoms with Crippen molar-refractivity contribution in [2.45, 2.75) is 0 Å². The normalized spacial score (nSPS) is 9.19. The molecule has 0 aliphatic heterocycles. The van der Waals surface area contributed by atoms with Crippen LogP contribution in [0.3, 0.4) is 0 Å². The third-order valence-electron chi connectivity index (χ3n) is 3.42. The standard InChI is InChI=1S/C19H11ClN4O2/c1-26-15-6-7-17(24-18(11-23)13(9-21)10-22)16(8-15)19(25)12-2-4-14(20)5-3-12/h2-8,24H,1H3. The lowest BCUT2D eigenvalue weighted by Gasteiger charge is -2.12. The fraction of sp³-hybridized carbons (Fsp3) is 0.0526. The largest absolute Gasteiger partial charge is 0.497 e. The van der Waals surface area contributed by atoms with Crippen molar-refractivity contribution in [3.8, 4) is 24.0 Å². The van der Waals surface area contributed by atoms with E-state index in [1.54, 1.807) is 48.5 Å². The minimum absolute atomic E-state index is 0.217. The predicted octanol–water partition coefficient (Wildman–Crippen LogP) is 3.82. The Morgan fingerprint density at radius 1 is 1.04 bits per heavy atom. The average molecular weight is 363 g/mol. The third-order valence-corrected chi connectivity index (χ3v) is 3.67. The minimum Gasteiger partial charge on any atom is -0.497 e. The molecule has 2 rings (SSSR count). The topological polar surface area (TPSA) is 110 Å². The van der Waals surface area contributed by atoms with Gasteiger partial charge in [0.15, 0.2) is 11.4 Å². The summed E-state index contributed by atoms with van der Waals surface area (Å²) < 4.78 is 5.15. The highest BCUT2D eigenvalue weighted by atomic mass is 35.5. The summed E-state index contributed by atoms with van der Waals surface area (Å²) in [6.45, 7) is 0. The predicted molar refractivity (Wildman–Crippen MR) is 95.4 cm³/mol. The lowest BCUT2D eigenvalue weighted by molar-refractivity contribution is 0.103. The molecule has 2 aromatic carbocycles. The molecule has 0 aliphatic carbocycles. The Bertz CT molecular complexity index is 990. The van der Waals surface area contributed by atoms with E-state index >= 15 is 0 Å². The van der Waals surface area contributed by atoms with Gasteiger partial charge < -0.3 is 10.1 Å². The summed E-state index contributed by atoms with van der Waals surface area (Å²) in [5.41, 5.74) is 0.243. The van der Waals surface area contributed by atoms with E-state index < -0.39 is 0 Å². The van der Waals surface area contributed by atoms with Gasteiger partial charge in [0.05, 0.1) is 12.8 Å². The second-order valence-electron chi connectivity index (χ2n) is 4.96. The minimum atomic E-state index is -0.381. The summed E-state index contributed by atoms with van der Waals surface area (Å²) in [5.74, 6) is 0.104. The molecule has 0 heterocycles. The molecule has 0 spiro atoms. The van der Waals surface area contributed by atoms with Crippen molar-refractivity contribution in [2.24, 2.45) is 0 Å².